The van der Waals surface area contributed by atoms with Crippen LogP contribution in [0.4, 0.5) is 10.5 Å². The summed E-state index contributed by atoms with van der Waals surface area (Å²) in [6.07, 6.45) is 0. The number of carbonyl (C=O) groups excluding carboxylic acids is 3. The van der Waals surface area contributed by atoms with Gasteiger partial charge in [-0.15, -0.1) is 0 Å². The number of rotatable bonds is 4. The highest BCUT2D eigenvalue weighted by atomic mass is 35.5. The van der Waals surface area contributed by atoms with Crippen LogP contribution in [0.3, 0.4) is 0 Å². The Hall–Kier alpha value is -3.26. The third kappa shape index (κ3) is 3.47. The maximum Gasteiger partial charge on any atom is 0.325 e. The van der Waals surface area contributed by atoms with E-state index in [-0.39, 0.29) is 0 Å². The molecule has 1 saturated heterocycles. The number of nitrogens with zero attached hydrogens (tertiary/aromatic N) is 1. The standard InChI is InChI=1S/C20H18ClN3O5/c1-20(13-4-2-3-5-14(13)21)18(26)24(19(27)23-20)11-17(25)22-12-6-7-15-16(10-12)29-9-8-28-15/h2-7,10H,8-9,11H2,1H3,(H,22,25)(H,23,27). The van der Waals surface area contributed by atoms with Gasteiger partial charge in [0.1, 0.15) is 25.3 Å². The van der Waals surface area contributed by atoms with Crippen molar-refractivity contribution in [3.8, 4) is 11.5 Å². The van der Waals surface area contributed by atoms with E-state index in [4.69, 9.17) is 21.1 Å². The number of anilines is 1. The lowest BCUT2D eigenvalue weighted by Crippen LogP contribution is -2.42. The van der Waals surface area contributed by atoms with Crippen LogP contribution in [0.15, 0.2) is 42.5 Å². The number of halogens is 1. The quantitative estimate of drug-likeness (QED) is 0.748. The van der Waals surface area contributed by atoms with Gasteiger partial charge in [-0.25, -0.2) is 4.79 Å². The summed E-state index contributed by atoms with van der Waals surface area (Å²) in [4.78, 5) is 38.7. The summed E-state index contributed by atoms with van der Waals surface area (Å²) in [5.74, 6) is 0.0516. The molecule has 2 heterocycles. The molecular weight excluding hydrogens is 398 g/mol. The van der Waals surface area contributed by atoms with Crippen molar-refractivity contribution in [3.05, 3.63) is 53.1 Å². The van der Waals surface area contributed by atoms with Gasteiger partial charge in [0.15, 0.2) is 11.5 Å². The molecule has 2 aliphatic rings. The summed E-state index contributed by atoms with van der Waals surface area (Å²) in [6.45, 7) is 2.02. The van der Waals surface area contributed by atoms with E-state index in [9.17, 15) is 14.4 Å². The monoisotopic (exact) mass is 415 g/mol. The van der Waals surface area contributed by atoms with E-state index in [2.05, 4.69) is 10.6 Å². The Morgan fingerprint density at radius 2 is 1.90 bits per heavy atom. The van der Waals surface area contributed by atoms with Crippen LogP contribution in [0.25, 0.3) is 0 Å². The number of imide groups is 1. The first-order chi connectivity index (χ1) is 13.9. The van der Waals surface area contributed by atoms with E-state index in [1.54, 1.807) is 49.4 Å². The molecule has 4 rings (SSSR count). The lowest BCUT2D eigenvalue weighted by Gasteiger charge is -2.23. The fourth-order valence-electron chi connectivity index (χ4n) is 3.36. The topological polar surface area (TPSA) is 97.0 Å². The van der Waals surface area contributed by atoms with E-state index in [1.807, 2.05) is 0 Å². The molecule has 0 aliphatic carbocycles. The molecule has 1 fully saturated rings. The molecule has 0 spiro atoms. The van der Waals surface area contributed by atoms with Crippen LogP contribution in [0.5, 0.6) is 11.5 Å². The van der Waals surface area contributed by atoms with Crippen molar-refractivity contribution in [2.45, 2.75) is 12.5 Å². The smallest absolute Gasteiger partial charge is 0.325 e. The van der Waals surface area contributed by atoms with Gasteiger partial charge in [-0.05, 0) is 25.1 Å². The Morgan fingerprint density at radius 1 is 1.17 bits per heavy atom. The Kier molecular flexibility index (Phi) is 4.79. The highest BCUT2D eigenvalue weighted by molar-refractivity contribution is 6.32. The third-order valence-electron chi connectivity index (χ3n) is 4.82. The van der Waals surface area contributed by atoms with Gasteiger partial charge in [0, 0.05) is 22.3 Å². The molecule has 150 valence electrons. The normalized spacial score (nSPS) is 20.4. The first-order valence-electron chi connectivity index (χ1n) is 8.97. The first-order valence-corrected chi connectivity index (χ1v) is 9.35. The fraction of sp³-hybridized carbons (Fsp3) is 0.250. The predicted molar refractivity (Wildman–Crippen MR) is 105 cm³/mol. The summed E-state index contributed by atoms with van der Waals surface area (Å²) in [6, 6.07) is 11.1. The van der Waals surface area contributed by atoms with Gasteiger partial charge < -0.3 is 20.1 Å². The number of benzene rings is 2. The Morgan fingerprint density at radius 3 is 2.66 bits per heavy atom. The zero-order valence-corrected chi connectivity index (χ0v) is 16.3. The number of ether oxygens (including phenoxy) is 2. The molecule has 29 heavy (non-hydrogen) atoms. The summed E-state index contributed by atoms with van der Waals surface area (Å²) < 4.78 is 10.9. The third-order valence-corrected chi connectivity index (χ3v) is 5.14. The van der Waals surface area contributed by atoms with Crippen LogP contribution in [-0.4, -0.2) is 42.5 Å². The molecular formula is C20H18ClN3O5. The molecule has 8 nitrogen and oxygen atoms in total. The minimum Gasteiger partial charge on any atom is -0.486 e. The average molecular weight is 416 g/mol. The largest absolute Gasteiger partial charge is 0.486 e. The fourth-order valence-corrected chi connectivity index (χ4v) is 3.68. The molecule has 2 aromatic carbocycles. The zero-order valence-electron chi connectivity index (χ0n) is 15.5. The number of nitrogens with one attached hydrogen (secondary N) is 2. The Labute approximate surface area is 171 Å². The number of hydrogen-bond acceptors (Lipinski definition) is 5. The molecule has 1 atom stereocenters. The Balaban J connectivity index is 1.48. The van der Waals surface area contributed by atoms with Gasteiger partial charge in [-0.2, -0.15) is 0 Å². The summed E-state index contributed by atoms with van der Waals surface area (Å²) in [5.41, 5.74) is -0.401. The highest BCUT2D eigenvalue weighted by Crippen LogP contribution is 2.34. The van der Waals surface area contributed by atoms with Crippen LogP contribution in [0, 0.1) is 0 Å². The molecule has 2 aliphatic heterocycles. The molecule has 2 N–H and O–H groups in total. The molecule has 0 bridgehead atoms. The lowest BCUT2D eigenvalue weighted by molar-refractivity contribution is -0.133. The number of carbonyl (C=O) groups is 3. The van der Waals surface area contributed by atoms with E-state index in [0.717, 1.165) is 4.90 Å². The minimum atomic E-state index is -1.34. The van der Waals surface area contributed by atoms with Gasteiger partial charge in [-0.3, -0.25) is 14.5 Å². The number of amides is 4. The highest BCUT2D eigenvalue weighted by Gasteiger charge is 2.50. The minimum absolute atomic E-state index is 0.353. The van der Waals surface area contributed by atoms with E-state index in [0.29, 0.717) is 41.0 Å². The van der Waals surface area contributed by atoms with E-state index >= 15 is 0 Å². The van der Waals surface area contributed by atoms with Crippen molar-refractivity contribution in [2.75, 3.05) is 25.1 Å². The van der Waals surface area contributed by atoms with Crippen molar-refractivity contribution in [3.63, 3.8) is 0 Å². The molecule has 4 amide bonds. The van der Waals surface area contributed by atoms with Crippen molar-refractivity contribution in [1.29, 1.82) is 0 Å². The van der Waals surface area contributed by atoms with Crippen LogP contribution in [0.2, 0.25) is 5.02 Å². The van der Waals surface area contributed by atoms with E-state index < -0.39 is 29.9 Å². The summed E-state index contributed by atoms with van der Waals surface area (Å²) in [5, 5.41) is 5.65. The molecule has 2 aromatic rings. The second kappa shape index (κ2) is 7.29. The van der Waals surface area contributed by atoms with Crippen LogP contribution in [0.1, 0.15) is 12.5 Å². The van der Waals surface area contributed by atoms with Crippen molar-refractivity contribution < 1.29 is 23.9 Å². The first kappa shape index (κ1) is 19.1. The SMILES string of the molecule is CC1(c2ccccc2Cl)NC(=O)N(CC(=O)Nc2ccc3c(c2)OCCO3)C1=O. The van der Waals surface area contributed by atoms with Gasteiger partial charge in [0.25, 0.3) is 5.91 Å². The van der Waals surface area contributed by atoms with Gasteiger partial charge in [0.2, 0.25) is 5.91 Å². The molecule has 1 unspecified atom stereocenters. The van der Waals surface area contributed by atoms with Crippen LogP contribution >= 0.6 is 11.6 Å². The second-order valence-corrected chi connectivity index (χ2v) is 7.24. The number of fused-ring (bicyclic) bond motifs is 1. The van der Waals surface area contributed by atoms with Crippen molar-refractivity contribution >= 4 is 35.1 Å². The van der Waals surface area contributed by atoms with Crippen LogP contribution < -0.4 is 20.1 Å². The zero-order chi connectivity index (χ0) is 20.6. The predicted octanol–water partition coefficient (Wildman–Crippen LogP) is 2.52. The van der Waals surface area contributed by atoms with Gasteiger partial charge >= 0.3 is 6.03 Å². The summed E-state index contributed by atoms with van der Waals surface area (Å²) in [7, 11) is 0. The molecule has 0 saturated carbocycles. The molecule has 9 heteroatoms. The Bertz CT molecular complexity index is 1010. The number of urea groups is 1. The molecule has 0 radical (unpaired) electrons. The van der Waals surface area contributed by atoms with Crippen molar-refractivity contribution in [2.24, 2.45) is 0 Å². The molecule has 0 aromatic heterocycles. The maximum absolute atomic E-state index is 12.9. The maximum atomic E-state index is 12.9. The van der Waals surface area contributed by atoms with Crippen molar-refractivity contribution in [1.82, 2.24) is 10.2 Å². The lowest BCUT2D eigenvalue weighted by atomic mass is 9.92. The second-order valence-electron chi connectivity index (χ2n) is 6.83. The van der Waals surface area contributed by atoms with Crippen LogP contribution in [-0.2, 0) is 15.1 Å². The average Bonchev–Trinajstić information content (AvgIpc) is 2.92. The van der Waals surface area contributed by atoms with Gasteiger partial charge in [0.05, 0.1) is 0 Å². The summed E-state index contributed by atoms with van der Waals surface area (Å²) >= 11 is 6.20. The number of hydrogen-bond donors (Lipinski definition) is 2. The van der Waals surface area contributed by atoms with E-state index in [1.165, 1.54) is 0 Å². The van der Waals surface area contributed by atoms with Gasteiger partial charge in [-0.1, -0.05) is 29.8 Å².